The predicted octanol–water partition coefficient (Wildman–Crippen LogP) is 0.341. The Balaban J connectivity index is 2.48. The Morgan fingerprint density at radius 1 is 1.61 bits per heavy atom. The summed E-state index contributed by atoms with van der Waals surface area (Å²) in [5, 5.41) is 3.27. The van der Waals surface area contributed by atoms with Gasteiger partial charge in [-0.15, -0.1) is 0 Å². The first kappa shape index (κ1) is 15.4. The third kappa shape index (κ3) is 4.23. The fourth-order valence-electron chi connectivity index (χ4n) is 2.16. The van der Waals surface area contributed by atoms with Crippen LogP contribution in [0.5, 0.6) is 0 Å². The van der Waals surface area contributed by atoms with Crippen LogP contribution >= 0.6 is 0 Å². The van der Waals surface area contributed by atoms with Crippen LogP contribution in [-0.2, 0) is 9.53 Å². The Morgan fingerprint density at radius 3 is 2.89 bits per heavy atom. The molecule has 1 rings (SSSR count). The number of ether oxygens (including phenoxy) is 1. The zero-order valence-corrected chi connectivity index (χ0v) is 11.9. The number of hydrogen-bond donors (Lipinski definition) is 2. The molecular weight excluding hydrogens is 230 g/mol. The minimum atomic E-state index is -0.603. The minimum Gasteiger partial charge on any atom is -0.379 e. The second kappa shape index (κ2) is 7.07. The lowest BCUT2D eigenvalue weighted by atomic mass is 9.96. The van der Waals surface area contributed by atoms with E-state index in [0.29, 0.717) is 6.04 Å². The molecule has 1 aliphatic heterocycles. The van der Waals surface area contributed by atoms with E-state index in [2.05, 4.69) is 24.1 Å². The summed E-state index contributed by atoms with van der Waals surface area (Å²) in [5.74, 6) is -0.267. The Morgan fingerprint density at radius 2 is 2.33 bits per heavy atom. The van der Waals surface area contributed by atoms with Gasteiger partial charge in [-0.05, 0) is 33.2 Å². The van der Waals surface area contributed by atoms with Gasteiger partial charge in [-0.1, -0.05) is 6.92 Å². The van der Waals surface area contributed by atoms with Crippen LogP contribution in [-0.4, -0.2) is 55.2 Å². The van der Waals surface area contributed by atoms with Crippen molar-refractivity contribution in [2.24, 2.45) is 5.73 Å². The van der Waals surface area contributed by atoms with Crippen LogP contribution in [0, 0.1) is 0 Å². The van der Waals surface area contributed by atoms with E-state index in [1.54, 1.807) is 0 Å². The van der Waals surface area contributed by atoms with Gasteiger partial charge in [0.25, 0.3) is 0 Å². The molecule has 18 heavy (non-hydrogen) atoms. The molecule has 0 aliphatic carbocycles. The van der Waals surface area contributed by atoms with Crippen molar-refractivity contribution in [2.75, 3.05) is 32.8 Å². The standard InChI is InChI=1S/C13H27N3O2/c1-4-6-15-13(3,12(14)17)5-7-16-8-9-18-10-11(16)2/h11,15H,4-10H2,1-3H3,(H2,14,17). The van der Waals surface area contributed by atoms with E-state index in [0.717, 1.165) is 45.7 Å². The molecule has 2 atom stereocenters. The van der Waals surface area contributed by atoms with Crippen molar-refractivity contribution in [3.05, 3.63) is 0 Å². The molecule has 2 unspecified atom stereocenters. The molecule has 5 nitrogen and oxygen atoms in total. The number of morpholine rings is 1. The fraction of sp³-hybridized carbons (Fsp3) is 0.923. The zero-order chi connectivity index (χ0) is 13.6. The van der Waals surface area contributed by atoms with E-state index in [-0.39, 0.29) is 5.91 Å². The quantitative estimate of drug-likeness (QED) is 0.690. The van der Waals surface area contributed by atoms with Gasteiger partial charge < -0.3 is 15.8 Å². The third-order valence-electron chi connectivity index (χ3n) is 3.71. The van der Waals surface area contributed by atoms with Gasteiger partial charge in [0.2, 0.25) is 5.91 Å². The van der Waals surface area contributed by atoms with Crippen LogP contribution in [0.3, 0.4) is 0 Å². The van der Waals surface area contributed by atoms with Crippen LogP contribution in [0.4, 0.5) is 0 Å². The lowest BCUT2D eigenvalue weighted by molar-refractivity contribution is -0.124. The van der Waals surface area contributed by atoms with Gasteiger partial charge in [-0.2, -0.15) is 0 Å². The molecule has 0 aromatic heterocycles. The summed E-state index contributed by atoms with van der Waals surface area (Å²) in [4.78, 5) is 14.0. The lowest BCUT2D eigenvalue weighted by Gasteiger charge is -2.36. The highest BCUT2D eigenvalue weighted by molar-refractivity contribution is 5.84. The second-order valence-corrected chi connectivity index (χ2v) is 5.33. The Kier molecular flexibility index (Phi) is 6.05. The highest BCUT2D eigenvalue weighted by atomic mass is 16.5. The van der Waals surface area contributed by atoms with Crippen LogP contribution in [0.1, 0.15) is 33.6 Å². The largest absolute Gasteiger partial charge is 0.379 e. The van der Waals surface area contributed by atoms with E-state index in [4.69, 9.17) is 10.5 Å². The van der Waals surface area contributed by atoms with Crippen LogP contribution < -0.4 is 11.1 Å². The molecule has 106 valence electrons. The summed E-state index contributed by atoms with van der Waals surface area (Å²) in [6, 6.07) is 0.419. The minimum absolute atomic E-state index is 0.267. The zero-order valence-electron chi connectivity index (χ0n) is 11.9. The summed E-state index contributed by atoms with van der Waals surface area (Å²) >= 11 is 0. The van der Waals surface area contributed by atoms with E-state index in [1.165, 1.54) is 0 Å². The molecular formula is C13H27N3O2. The van der Waals surface area contributed by atoms with E-state index in [1.807, 2.05) is 6.92 Å². The molecule has 1 amide bonds. The molecule has 0 aromatic carbocycles. The highest BCUT2D eigenvalue weighted by Crippen LogP contribution is 2.14. The SMILES string of the molecule is CCCNC(C)(CCN1CCOCC1C)C(N)=O. The average molecular weight is 257 g/mol. The number of nitrogens with one attached hydrogen (secondary N) is 1. The maximum absolute atomic E-state index is 11.6. The molecule has 1 saturated heterocycles. The van der Waals surface area contributed by atoms with E-state index in [9.17, 15) is 4.79 Å². The van der Waals surface area contributed by atoms with Crippen LogP contribution in [0.25, 0.3) is 0 Å². The molecule has 3 N–H and O–H groups in total. The second-order valence-electron chi connectivity index (χ2n) is 5.33. The van der Waals surface area contributed by atoms with Crippen molar-refractivity contribution in [1.29, 1.82) is 0 Å². The Bertz CT molecular complexity index is 273. The van der Waals surface area contributed by atoms with Crippen LogP contribution in [0.15, 0.2) is 0 Å². The maximum Gasteiger partial charge on any atom is 0.237 e. The van der Waals surface area contributed by atoms with Gasteiger partial charge in [0.05, 0.1) is 18.8 Å². The molecule has 1 fully saturated rings. The van der Waals surface area contributed by atoms with Gasteiger partial charge in [0.15, 0.2) is 0 Å². The molecule has 0 radical (unpaired) electrons. The van der Waals surface area contributed by atoms with Gasteiger partial charge in [0.1, 0.15) is 0 Å². The number of rotatable bonds is 7. The number of carbonyl (C=O) groups excluding carboxylic acids is 1. The summed E-state index contributed by atoms with van der Waals surface area (Å²) in [7, 11) is 0. The molecule has 0 spiro atoms. The monoisotopic (exact) mass is 257 g/mol. The molecule has 0 saturated carbocycles. The van der Waals surface area contributed by atoms with Crippen LogP contribution in [0.2, 0.25) is 0 Å². The van der Waals surface area contributed by atoms with Crippen molar-refractivity contribution >= 4 is 5.91 Å². The highest BCUT2D eigenvalue weighted by Gasteiger charge is 2.31. The van der Waals surface area contributed by atoms with Crippen molar-refractivity contribution < 1.29 is 9.53 Å². The molecule has 1 aliphatic rings. The normalized spacial score (nSPS) is 24.7. The fourth-order valence-corrected chi connectivity index (χ4v) is 2.16. The number of amides is 1. The van der Waals surface area contributed by atoms with Gasteiger partial charge in [0, 0.05) is 19.1 Å². The first-order valence-corrected chi connectivity index (χ1v) is 6.86. The van der Waals surface area contributed by atoms with Crippen molar-refractivity contribution in [1.82, 2.24) is 10.2 Å². The molecule has 0 bridgehead atoms. The third-order valence-corrected chi connectivity index (χ3v) is 3.71. The van der Waals surface area contributed by atoms with E-state index >= 15 is 0 Å². The average Bonchev–Trinajstić information content (AvgIpc) is 2.35. The number of carbonyl (C=O) groups is 1. The number of hydrogen-bond acceptors (Lipinski definition) is 4. The first-order chi connectivity index (χ1) is 8.49. The molecule has 0 aromatic rings. The van der Waals surface area contributed by atoms with Crippen molar-refractivity contribution in [2.45, 2.75) is 45.2 Å². The summed E-state index contributed by atoms with van der Waals surface area (Å²) in [6.07, 6.45) is 1.74. The molecule has 5 heteroatoms. The Labute approximate surface area is 110 Å². The predicted molar refractivity (Wildman–Crippen MR) is 72.4 cm³/mol. The number of primary amides is 1. The van der Waals surface area contributed by atoms with E-state index < -0.39 is 5.54 Å². The lowest BCUT2D eigenvalue weighted by Crippen LogP contribution is -2.56. The first-order valence-electron chi connectivity index (χ1n) is 6.86. The van der Waals surface area contributed by atoms with Gasteiger partial charge in [-0.3, -0.25) is 9.69 Å². The van der Waals surface area contributed by atoms with Gasteiger partial charge >= 0.3 is 0 Å². The Hall–Kier alpha value is -0.650. The topological polar surface area (TPSA) is 67.6 Å². The molecule has 1 heterocycles. The van der Waals surface area contributed by atoms with Crippen molar-refractivity contribution in [3.8, 4) is 0 Å². The number of nitrogens with zero attached hydrogens (tertiary/aromatic N) is 1. The van der Waals surface area contributed by atoms with Crippen molar-refractivity contribution in [3.63, 3.8) is 0 Å². The summed E-state index contributed by atoms with van der Waals surface area (Å²) in [6.45, 7) is 10.3. The number of nitrogens with two attached hydrogens (primary N) is 1. The smallest absolute Gasteiger partial charge is 0.237 e. The summed E-state index contributed by atoms with van der Waals surface area (Å²) in [5.41, 5.74) is 4.91. The summed E-state index contributed by atoms with van der Waals surface area (Å²) < 4.78 is 5.41. The maximum atomic E-state index is 11.6. The van der Waals surface area contributed by atoms with Gasteiger partial charge in [-0.25, -0.2) is 0 Å².